The smallest absolute Gasteiger partial charge is 0.143 e. The van der Waals surface area contributed by atoms with Crippen molar-refractivity contribution in [2.24, 2.45) is 16.7 Å². The van der Waals surface area contributed by atoms with Crippen molar-refractivity contribution in [2.45, 2.75) is 46.1 Å². The molecule has 2 fully saturated rings. The molecule has 2 saturated carbocycles. The zero-order valence-electron chi connectivity index (χ0n) is 13.4. The molecule has 2 aliphatic rings. The van der Waals surface area contributed by atoms with E-state index in [1.54, 1.807) is 7.11 Å². The molecule has 3 nitrogen and oxygen atoms in total. The van der Waals surface area contributed by atoms with Crippen molar-refractivity contribution in [1.82, 2.24) is 0 Å². The average molecular weight is 284 g/mol. The predicted molar refractivity (Wildman–Crippen MR) is 84.3 cm³/mol. The fourth-order valence-corrected chi connectivity index (χ4v) is 4.70. The molecule has 21 heavy (non-hydrogen) atoms. The molecule has 3 atom stereocenters. The lowest BCUT2D eigenvalue weighted by atomic mass is 9.68. The van der Waals surface area contributed by atoms with E-state index < -0.39 is 0 Å². The molecule has 3 rings (SSSR count). The van der Waals surface area contributed by atoms with Crippen LogP contribution in [0.4, 0.5) is 5.69 Å². The van der Waals surface area contributed by atoms with E-state index in [9.17, 15) is 0 Å². The summed E-state index contributed by atoms with van der Waals surface area (Å²) in [6.07, 6.45) is 3.97. The fourth-order valence-electron chi connectivity index (χ4n) is 4.70. The molecule has 3 unspecified atom stereocenters. The normalized spacial score (nSPS) is 32.7. The van der Waals surface area contributed by atoms with Gasteiger partial charge in [0.1, 0.15) is 5.75 Å². The Morgan fingerprint density at radius 2 is 2.10 bits per heavy atom. The van der Waals surface area contributed by atoms with E-state index in [-0.39, 0.29) is 0 Å². The van der Waals surface area contributed by atoms with Gasteiger partial charge in [0.15, 0.2) is 0 Å². The number of methoxy groups -OCH3 is 1. The molecule has 1 aromatic carbocycles. The van der Waals surface area contributed by atoms with Crippen molar-refractivity contribution in [3.8, 4) is 11.8 Å². The quantitative estimate of drug-likeness (QED) is 0.905. The highest BCUT2D eigenvalue weighted by Crippen LogP contribution is 2.63. The number of anilines is 1. The lowest BCUT2D eigenvalue weighted by Gasteiger charge is -2.43. The third kappa shape index (κ3) is 2.09. The van der Waals surface area contributed by atoms with Crippen LogP contribution in [0.5, 0.6) is 5.75 Å². The van der Waals surface area contributed by atoms with Crippen LogP contribution in [0, 0.1) is 28.1 Å². The number of hydrogen-bond donors (Lipinski definition) is 1. The van der Waals surface area contributed by atoms with Crippen LogP contribution in [-0.4, -0.2) is 13.2 Å². The van der Waals surface area contributed by atoms with Gasteiger partial charge in [-0.2, -0.15) is 5.26 Å². The summed E-state index contributed by atoms with van der Waals surface area (Å²) in [4.78, 5) is 0. The summed E-state index contributed by atoms with van der Waals surface area (Å²) < 4.78 is 5.47. The van der Waals surface area contributed by atoms with Crippen molar-refractivity contribution in [1.29, 1.82) is 5.26 Å². The molecule has 0 amide bonds. The van der Waals surface area contributed by atoms with Crippen molar-refractivity contribution in [3.63, 3.8) is 0 Å². The van der Waals surface area contributed by atoms with E-state index in [2.05, 4.69) is 32.2 Å². The highest BCUT2D eigenvalue weighted by atomic mass is 16.5. The van der Waals surface area contributed by atoms with E-state index in [4.69, 9.17) is 10.00 Å². The molecule has 0 radical (unpaired) electrons. The van der Waals surface area contributed by atoms with Crippen molar-refractivity contribution >= 4 is 5.69 Å². The zero-order chi connectivity index (χ0) is 15.3. The first-order valence-corrected chi connectivity index (χ1v) is 7.75. The number of nitrogens with zero attached hydrogens (tertiary/aromatic N) is 1. The molecule has 0 aromatic heterocycles. The van der Waals surface area contributed by atoms with E-state index in [0.29, 0.717) is 22.4 Å². The maximum absolute atomic E-state index is 9.02. The van der Waals surface area contributed by atoms with Crippen LogP contribution < -0.4 is 10.1 Å². The summed E-state index contributed by atoms with van der Waals surface area (Å²) in [5.74, 6) is 1.57. The topological polar surface area (TPSA) is 45.0 Å². The largest absolute Gasteiger partial charge is 0.495 e. The van der Waals surface area contributed by atoms with Gasteiger partial charge >= 0.3 is 0 Å². The van der Waals surface area contributed by atoms with Crippen LogP contribution in [0.15, 0.2) is 18.2 Å². The predicted octanol–water partition coefficient (Wildman–Crippen LogP) is 4.19. The van der Waals surface area contributed by atoms with Gasteiger partial charge < -0.3 is 10.1 Å². The Balaban J connectivity index is 1.92. The highest BCUT2D eigenvalue weighted by Gasteiger charge is 2.59. The first-order chi connectivity index (χ1) is 9.90. The van der Waals surface area contributed by atoms with Gasteiger partial charge in [-0.15, -0.1) is 0 Å². The minimum Gasteiger partial charge on any atom is -0.495 e. The second-order valence-corrected chi connectivity index (χ2v) is 7.52. The summed E-state index contributed by atoms with van der Waals surface area (Å²) in [6.45, 7) is 7.18. The second kappa shape index (κ2) is 4.66. The van der Waals surface area contributed by atoms with Crippen LogP contribution in [0.3, 0.4) is 0 Å². The van der Waals surface area contributed by atoms with Gasteiger partial charge in [-0.1, -0.05) is 20.8 Å². The Morgan fingerprint density at radius 1 is 1.33 bits per heavy atom. The Kier molecular flexibility index (Phi) is 3.16. The van der Waals surface area contributed by atoms with Crippen LogP contribution in [0.1, 0.15) is 45.6 Å². The molecule has 3 heteroatoms. The average Bonchev–Trinajstić information content (AvgIpc) is 2.94. The number of ether oxygens (including phenoxy) is 1. The van der Waals surface area contributed by atoms with Gasteiger partial charge in [0.05, 0.1) is 24.4 Å². The molecule has 1 N–H and O–H groups in total. The molecule has 1 aromatic rings. The fraction of sp³-hybridized carbons (Fsp3) is 0.611. The van der Waals surface area contributed by atoms with Gasteiger partial charge in [-0.05, 0) is 48.1 Å². The second-order valence-electron chi connectivity index (χ2n) is 7.52. The van der Waals surface area contributed by atoms with Gasteiger partial charge in [0, 0.05) is 12.1 Å². The van der Waals surface area contributed by atoms with Crippen molar-refractivity contribution in [2.75, 3.05) is 12.4 Å². The lowest BCUT2D eigenvalue weighted by Crippen LogP contribution is -2.45. The van der Waals surface area contributed by atoms with Crippen LogP contribution >= 0.6 is 0 Å². The maximum atomic E-state index is 9.02. The van der Waals surface area contributed by atoms with E-state index in [1.807, 2.05) is 18.2 Å². The molecular formula is C18H24N2O. The molecule has 0 saturated heterocycles. The number of nitrogens with one attached hydrogen (secondary N) is 1. The number of nitriles is 1. The number of hydrogen-bond acceptors (Lipinski definition) is 3. The Morgan fingerprint density at radius 3 is 2.67 bits per heavy atom. The molecule has 0 spiro atoms. The molecule has 0 heterocycles. The van der Waals surface area contributed by atoms with Crippen molar-refractivity contribution < 1.29 is 4.74 Å². The third-order valence-corrected chi connectivity index (χ3v) is 5.90. The summed E-state index contributed by atoms with van der Waals surface area (Å²) in [7, 11) is 1.66. The Bertz CT molecular complexity index is 597. The Hall–Kier alpha value is -1.69. The highest BCUT2D eigenvalue weighted by molar-refractivity contribution is 5.60. The first kappa shape index (κ1) is 14.3. The summed E-state index contributed by atoms with van der Waals surface area (Å²) in [5.41, 5.74) is 2.30. The first-order valence-electron chi connectivity index (χ1n) is 7.75. The molecular weight excluding hydrogens is 260 g/mol. The van der Waals surface area contributed by atoms with Gasteiger partial charge in [0.2, 0.25) is 0 Å². The number of rotatable bonds is 3. The summed E-state index contributed by atoms with van der Waals surface area (Å²) in [5, 5.41) is 12.8. The van der Waals surface area contributed by atoms with Crippen molar-refractivity contribution in [3.05, 3.63) is 23.8 Å². The SMILES string of the molecule is COc1cc(C#N)ccc1NC1C2(C)CCC(C2)C1(C)C. The van der Waals surface area contributed by atoms with E-state index >= 15 is 0 Å². The van der Waals surface area contributed by atoms with Gasteiger partial charge in [0.25, 0.3) is 0 Å². The molecule has 112 valence electrons. The third-order valence-electron chi connectivity index (χ3n) is 5.90. The standard InChI is InChI=1S/C18H24N2O/c1-17(2)13-7-8-18(3,10-13)16(17)20-14-6-5-12(11-19)9-15(14)21-4/h5-6,9,13,16,20H,7-8,10H2,1-4H3. The minimum atomic E-state index is 0.298. The molecule has 2 bridgehead atoms. The minimum absolute atomic E-state index is 0.298. The van der Waals surface area contributed by atoms with Gasteiger partial charge in [-0.3, -0.25) is 0 Å². The molecule has 0 aliphatic heterocycles. The Labute approximate surface area is 127 Å². The number of fused-ring (bicyclic) bond motifs is 2. The van der Waals surface area contributed by atoms with Crippen LogP contribution in [0.2, 0.25) is 0 Å². The lowest BCUT2D eigenvalue weighted by molar-refractivity contribution is 0.155. The summed E-state index contributed by atoms with van der Waals surface area (Å²) >= 11 is 0. The molecule has 2 aliphatic carbocycles. The number of benzene rings is 1. The van der Waals surface area contributed by atoms with Crippen LogP contribution in [-0.2, 0) is 0 Å². The summed E-state index contributed by atoms with van der Waals surface area (Å²) in [6, 6.07) is 8.26. The zero-order valence-corrected chi connectivity index (χ0v) is 13.4. The van der Waals surface area contributed by atoms with Gasteiger partial charge in [-0.25, -0.2) is 0 Å². The maximum Gasteiger partial charge on any atom is 0.143 e. The van der Waals surface area contributed by atoms with Crippen LogP contribution in [0.25, 0.3) is 0 Å². The van der Waals surface area contributed by atoms with E-state index in [0.717, 1.165) is 17.4 Å². The van der Waals surface area contributed by atoms with E-state index in [1.165, 1.54) is 19.3 Å². The monoisotopic (exact) mass is 284 g/mol.